The molecule has 1 saturated carbocycles. The highest BCUT2D eigenvalue weighted by Gasteiger charge is 2.55. The first kappa shape index (κ1) is 26.2. The summed E-state index contributed by atoms with van der Waals surface area (Å²) in [7, 11) is 1.10. The topological polar surface area (TPSA) is 96.9 Å². The second-order valence-electron chi connectivity index (χ2n) is 7.30. The Kier molecular flexibility index (Phi) is 12.4. The van der Waals surface area contributed by atoms with Crippen molar-refractivity contribution in [3.05, 3.63) is 35.9 Å². The number of nitrogens with zero attached hydrogens (tertiary/aromatic N) is 1. The Hall–Kier alpha value is -1.84. The Morgan fingerprint density at radius 1 is 1.33 bits per heavy atom. The Morgan fingerprint density at radius 2 is 2.00 bits per heavy atom. The van der Waals surface area contributed by atoms with Crippen LogP contribution in [0.25, 0.3) is 0 Å². The number of benzene rings is 1. The van der Waals surface area contributed by atoms with Gasteiger partial charge in [0.1, 0.15) is 0 Å². The van der Waals surface area contributed by atoms with Crippen molar-refractivity contribution in [2.24, 2.45) is 4.36 Å². The number of rotatable bonds is 11. The lowest BCUT2D eigenvalue weighted by Gasteiger charge is -2.19. The third kappa shape index (κ3) is 8.89. The van der Waals surface area contributed by atoms with Gasteiger partial charge in [0.2, 0.25) is 6.41 Å². The molecule has 3 atom stereocenters. The highest BCUT2D eigenvalue weighted by atomic mass is 32.2. The van der Waals surface area contributed by atoms with E-state index in [1.165, 1.54) is 18.4 Å². The molecule has 168 valence electrons. The van der Waals surface area contributed by atoms with Gasteiger partial charge in [-0.15, -0.1) is 0 Å². The number of hydrogen-bond acceptors (Lipinski definition) is 6. The molecule has 1 fully saturated rings. The maximum atomic E-state index is 10.9. The molecule has 9 heteroatoms. The number of thiocarbonyl (C=S) groups is 1. The van der Waals surface area contributed by atoms with Crippen molar-refractivity contribution >= 4 is 34.2 Å². The van der Waals surface area contributed by atoms with Crippen LogP contribution < -0.4 is 10.6 Å². The summed E-state index contributed by atoms with van der Waals surface area (Å²) < 4.78 is 31.3. The summed E-state index contributed by atoms with van der Waals surface area (Å²) in [6.45, 7) is 2.19. The number of carbonyl (C=O) groups excluding carboxylic acids is 1. The third-order valence-corrected chi connectivity index (χ3v) is 6.12. The highest BCUT2D eigenvalue weighted by Crippen LogP contribution is 2.54. The molecule has 7 nitrogen and oxygen atoms in total. The van der Waals surface area contributed by atoms with E-state index < -0.39 is 10.5 Å². The Morgan fingerprint density at radius 3 is 2.50 bits per heavy atom. The summed E-state index contributed by atoms with van der Waals surface area (Å²) in [5.41, 5.74) is 1.12. The second-order valence-corrected chi connectivity index (χ2v) is 8.35. The predicted octanol–water partition coefficient (Wildman–Crippen LogP) is 3.37. The van der Waals surface area contributed by atoms with Gasteiger partial charge in [-0.1, -0.05) is 50.1 Å². The van der Waals surface area contributed by atoms with Gasteiger partial charge in [0, 0.05) is 19.6 Å². The maximum absolute atomic E-state index is 10.9. The molecule has 0 aliphatic heterocycles. The molecule has 1 aliphatic rings. The van der Waals surface area contributed by atoms with Crippen molar-refractivity contribution in [3.8, 4) is 0 Å². The minimum absolute atomic E-state index is 0.0929. The van der Waals surface area contributed by atoms with Crippen LogP contribution in [0.3, 0.4) is 0 Å². The van der Waals surface area contributed by atoms with Gasteiger partial charge in [0.25, 0.3) is 0 Å². The fourth-order valence-corrected chi connectivity index (χ4v) is 4.14. The Balaban J connectivity index is 0.000000553. The lowest BCUT2D eigenvalue weighted by molar-refractivity contribution is -0.108. The van der Waals surface area contributed by atoms with E-state index in [4.69, 9.17) is 4.74 Å². The minimum Gasteiger partial charge on any atom is -0.381 e. The maximum Gasteiger partial charge on any atom is 0.311 e. The fraction of sp³-hybridized carbons (Fsp3) is 0.619. The Labute approximate surface area is 186 Å². The lowest BCUT2D eigenvalue weighted by atomic mass is 9.88. The van der Waals surface area contributed by atoms with Gasteiger partial charge in [0.05, 0.1) is 12.1 Å². The van der Waals surface area contributed by atoms with Crippen LogP contribution in [0.2, 0.25) is 0 Å². The van der Waals surface area contributed by atoms with Crippen LogP contribution in [0.1, 0.15) is 57.4 Å². The Bertz CT molecular complexity index is 779. The van der Waals surface area contributed by atoms with Crippen LogP contribution >= 0.6 is 12.2 Å². The van der Waals surface area contributed by atoms with E-state index in [0.29, 0.717) is 17.6 Å². The van der Waals surface area contributed by atoms with Crippen molar-refractivity contribution in [1.29, 1.82) is 0 Å². The highest BCUT2D eigenvalue weighted by molar-refractivity contribution is 7.80. The zero-order valence-electron chi connectivity index (χ0n) is 18.0. The van der Waals surface area contributed by atoms with Crippen LogP contribution in [0.4, 0.5) is 0 Å². The normalized spacial score (nSPS) is 20.2. The summed E-state index contributed by atoms with van der Waals surface area (Å²) in [6, 6.07) is 10.1. The van der Waals surface area contributed by atoms with E-state index in [1.807, 2.05) is 18.2 Å². The first-order valence-corrected chi connectivity index (χ1v) is 11.7. The fourth-order valence-electron chi connectivity index (χ4n) is 3.60. The molecule has 1 amide bonds. The molecule has 0 saturated heterocycles. The smallest absolute Gasteiger partial charge is 0.311 e. The quantitative estimate of drug-likeness (QED) is 0.392. The summed E-state index contributed by atoms with van der Waals surface area (Å²) in [5.74, 6) is 0. The van der Waals surface area contributed by atoms with E-state index in [9.17, 15) is 13.2 Å². The SMILES string of the molecule is CCCCC(CCCC1(c2ccccc2)CC1N=S(=O)=O)OC.CNC(=S)NC=O. The zero-order chi connectivity index (χ0) is 22.4. The molecule has 3 unspecified atom stereocenters. The van der Waals surface area contributed by atoms with Gasteiger partial charge in [-0.05, 0) is 49.9 Å². The van der Waals surface area contributed by atoms with E-state index in [-0.39, 0.29) is 11.5 Å². The predicted molar refractivity (Wildman–Crippen MR) is 123 cm³/mol. The molecule has 30 heavy (non-hydrogen) atoms. The summed E-state index contributed by atoms with van der Waals surface area (Å²) in [4.78, 5) is 9.54. The van der Waals surface area contributed by atoms with Crippen molar-refractivity contribution in [1.82, 2.24) is 10.6 Å². The van der Waals surface area contributed by atoms with E-state index in [1.54, 1.807) is 14.2 Å². The molecule has 1 aromatic rings. The van der Waals surface area contributed by atoms with Crippen LogP contribution in [0.5, 0.6) is 0 Å². The number of nitrogens with one attached hydrogen (secondary N) is 2. The molecule has 0 bridgehead atoms. The van der Waals surface area contributed by atoms with Crippen molar-refractivity contribution in [2.75, 3.05) is 14.2 Å². The average Bonchev–Trinajstić information content (AvgIpc) is 3.44. The van der Waals surface area contributed by atoms with Crippen molar-refractivity contribution in [2.45, 2.75) is 69.4 Å². The van der Waals surface area contributed by atoms with Gasteiger partial charge in [-0.2, -0.15) is 12.8 Å². The number of carbonyl (C=O) groups is 1. The molecule has 0 aromatic heterocycles. The minimum atomic E-state index is -2.32. The number of amides is 1. The van der Waals surface area contributed by atoms with Crippen LogP contribution in [0, 0.1) is 0 Å². The molecule has 0 spiro atoms. The standard InChI is InChI=1S/C18H27NO3S.C3H6N2OS/c1-3-4-11-16(22-2)12-8-13-18(14-17(18)19-23(20)21)15-9-6-5-7-10-15;1-4-3(7)5-2-6/h5-7,9-10,16-17H,3-4,8,11-14H2,1-2H3;2H,1H3,(H2,4,5,6,7). The van der Waals surface area contributed by atoms with Crippen molar-refractivity contribution < 1.29 is 17.9 Å². The average molecular weight is 456 g/mol. The molecule has 2 rings (SSSR count). The van der Waals surface area contributed by atoms with E-state index >= 15 is 0 Å². The summed E-state index contributed by atoms with van der Waals surface area (Å²) >= 11 is 4.50. The van der Waals surface area contributed by atoms with Gasteiger partial charge in [-0.3, -0.25) is 4.79 Å². The molecule has 1 aromatic carbocycles. The second kappa shape index (κ2) is 14.2. The molecular weight excluding hydrogens is 422 g/mol. The molecule has 1 aliphatic carbocycles. The monoisotopic (exact) mass is 455 g/mol. The summed E-state index contributed by atoms with van der Waals surface area (Å²) in [6.07, 6.45) is 8.17. The lowest BCUT2D eigenvalue weighted by Crippen LogP contribution is -2.30. The van der Waals surface area contributed by atoms with Crippen LogP contribution in [-0.2, 0) is 25.4 Å². The van der Waals surface area contributed by atoms with Gasteiger partial charge >= 0.3 is 10.5 Å². The van der Waals surface area contributed by atoms with Crippen LogP contribution in [0.15, 0.2) is 34.7 Å². The third-order valence-electron chi connectivity index (χ3n) is 5.38. The first-order valence-electron chi connectivity index (χ1n) is 10.2. The largest absolute Gasteiger partial charge is 0.381 e. The van der Waals surface area contributed by atoms with Gasteiger partial charge in [0.15, 0.2) is 5.11 Å². The van der Waals surface area contributed by atoms with Gasteiger partial charge < -0.3 is 15.4 Å². The number of ether oxygens (including phenoxy) is 1. The zero-order valence-corrected chi connectivity index (χ0v) is 19.6. The van der Waals surface area contributed by atoms with Gasteiger partial charge in [-0.25, -0.2) is 0 Å². The van der Waals surface area contributed by atoms with E-state index in [2.05, 4.69) is 46.3 Å². The number of methoxy groups -OCH3 is 1. The molecule has 0 heterocycles. The number of hydrogen-bond donors (Lipinski definition) is 2. The molecular formula is C21H33N3O4S2. The summed E-state index contributed by atoms with van der Waals surface area (Å²) in [5, 5.41) is 5.13. The van der Waals surface area contributed by atoms with E-state index in [0.717, 1.165) is 32.1 Å². The van der Waals surface area contributed by atoms with Crippen LogP contribution in [-0.4, -0.2) is 46.2 Å². The number of unbranched alkanes of at least 4 members (excludes halogenated alkanes) is 1. The first-order chi connectivity index (χ1) is 14.4. The molecule has 0 radical (unpaired) electrons. The molecule has 2 N–H and O–H groups in total. The van der Waals surface area contributed by atoms with Crippen molar-refractivity contribution in [3.63, 3.8) is 0 Å².